The normalized spacial score (nSPS) is 20.4. The lowest BCUT2D eigenvalue weighted by Gasteiger charge is -2.34. The van der Waals surface area contributed by atoms with E-state index in [-0.39, 0.29) is 11.9 Å². The minimum atomic E-state index is -0.456. The topological polar surface area (TPSA) is 84.1 Å². The zero-order chi connectivity index (χ0) is 22.4. The number of rotatable bonds is 4. The van der Waals surface area contributed by atoms with Gasteiger partial charge >= 0.3 is 0 Å². The van der Waals surface area contributed by atoms with Gasteiger partial charge in [-0.15, -0.1) is 0 Å². The van der Waals surface area contributed by atoms with Gasteiger partial charge in [0.05, 0.1) is 17.8 Å². The molecule has 4 aromatic rings. The van der Waals surface area contributed by atoms with Crippen molar-refractivity contribution < 1.29 is 9.90 Å². The fourth-order valence-corrected chi connectivity index (χ4v) is 5.22. The van der Waals surface area contributed by atoms with Gasteiger partial charge in [-0.05, 0) is 35.9 Å². The van der Waals surface area contributed by atoms with Gasteiger partial charge in [0.15, 0.2) is 5.82 Å². The van der Waals surface area contributed by atoms with Crippen molar-refractivity contribution in [2.75, 3.05) is 0 Å². The first kappa shape index (κ1) is 20.1. The molecule has 1 fully saturated rings. The van der Waals surface area contributed by atoms with Gasteiger partial charge in [-0.25, -0.2) is 14.6 Å². The van der Waals surface area contributed by atoms with E-state index in [0.29, 0.717) is 18.7 Å². The number of pyridine rings is 2. The van der Waals surface area contributed by atoms with Gasteiger partial charge in [0.1, 0.15) is 5.69 Å². The maximum atomic E-state index is 13.4. The average molecular weight is 440 g/mol. The van der Waals surface area contributed by atoms with Crippen LogP contribution in [0.25, 0.3) is 16.6 Å². The lowest BCUT2D eigenvalue weighted by molar-refractivity contribution is 0.0190. The van der Waals surface area contributed by atoms with Crippen LogP contribution in [0, 0.1) is 0 Å². The molecule has 1 aromatic carbocycles. The molecule has 0 radical (unpaired) electrons. The summed E-state index contributed by atoms with van der Waals surface area (Å²) in [4.78, 5) is 24.7. The molecule has 0 saturated heterocycles. The third kappa shape index (κ3) is 3.49. The fraction of sp³-hybridized carbons (Fsp3) is 0.308. The molecule has 1 N–H and O–H groups in total. The van der Waals surface area contributed by atoms with Gasteiger partial charge in [0.25, 0.3) is 5.91 Å². The molecular formula is C26H25N5O2. The van der Waals surface area contributed by atoms with Crippen LogP contribution in [-0.2, 0) is 13.0 Å². The van der Waals surface area contributed by atoms with Crippen LogP contribution >= 0.6 is 0 Å². The van der Waals surface area contributed by atoms with E-state index in [1.165, 1.54) is 0 Å². The lowest BCUT2D eigenvalue weighted by Crippen LogP contribution is -2.45. The zero-order valence-corrected chi connectivity index (χ0v) is 18.3. The first-order valence-corrected chi connectivity index (χ1v) is 11.5. The standard InChI is InChI=1S/C26H25N5O2/c32-23-9-4-3-8-22(23)30-16-20-18-6-1-2-7-19(18)21(29-25(20)26(30)33)14-17-10-11-24(27-15-17)31-13-5-12-28-31/h1-2,5-7,10-13,15,22-23,32H,3-4,8-9,14,16H2/t22-,23-/m0/s1. The molecule has 7 heteroatoms. The number of fused-ring (bicyclic) bond motifs is 3. The molecule has 1 saturated carbocycles. The molecule has 0 unspecified atom stereocenters. The molecule has 3 aromatic heterocycles. The van der Waals surface area contributed by atoms with Crippen molar-refractivity contribution in [3.8, 4) is 5.82 Å². The van der Waals surface area contributed by atoms with Gasteiger partial charge < -0.3 is 10.0 Å². The molecule has 6 rings (SSSR count). The number of carbonyl (C=O) groups excluding carboxylic acids is 1. The van der Waals surface area contributed by atoms with Gasteiger partial charge in [-0.1, -0.05) is 43.2 Å². The summed E-state index contributed by atoms with van der Waals surface area (Å²) in [6, 6.07) is 13.9. The molecule has 7 nitrogen and oxygen atoms in total. The molecule has 2 aliphatic rings. The van der Waals surface area contributed by atoms with E-state index < -0.39 is 6.10 Å². The summed E-state index contributed by atoms with van der Waals surface area (Å²) in [5.74, 6) is 0.697. The van der Waals surface area contributed by atoms with Crippen LogP contribution < -0.4 is 0 Å². The van der Waals surface area contributed by atoms with Crippen molar-refractivity contribution in [3.05, 3.63) is 83.6 Å². The molecule has 1 amide bonds. The largest absolute Gasteiger partial charge is 0.391 e. The second kappa shape index (κ2) is 8.08. The summed E-state index contributed by atoms with van der Waals surface area (Å²) in [6.07, 6.45) is 9.22. The molecule has 33 heavy (non-hydrogen) atoms. The van der Waals surface area contributed by atoms with Crippen molar-refractivity contribution in [3.63, 3.8) is 0 Å². The van der Waals surface area contributed by atoms with Crippen molar-refractivity contribution in [1.29, 1.82) is 0 Å². The number of hydrogen-bond donors (Lipinski definition) is 1. The molecule has 4 heterocycles. The van der Waals surface area contributed by atoms with E-state index in [2.05, 4.69) is 22.2 Å². The van der Waals surface area contributed by atoms with E-state index in [4.69, 9.17) is 4.98 Å². The predicted octanol–water partition coefficient (Wildman–Crippen LogP) is 3.67. The predicted molar refractivity (Wildman–Crippen MR) is 124 cm³/mol. The number of carbonyl (C=O) groups is 1. The summed E-state index contributed by atoms with van der Waals surface area (Å²) < 4.78 is 1.72. The average Bonchev–Trinajstić information content (AvgIpc) is 3.49. The summed E-state index contributed by atoms with van der Waals surface area (Å²) in [5, 5.41) is 16.9. The smallest absolute Gasteiger partial charge is 0.273 e. The first-order chi connectivity index (χ1) is 16.2. The van der Waals surface area contributed by atoms with Crippen LogP contribution in [0.1, 0.15) is 53.0 Å². The Morgan fingerprint density at radius 2 is 1.88 bits per heavy atom. The number of amides is 1. The molecular weight excluding hydrogens is 414 g/mol. The van der Waals surface area contributed by atoms with Crippen LogP contribution in [0.15, 0.2) is 61.1 Å². The van der Waals surface area contributed by atoms with Gasteiger partial charge in [-0.2, -0.15) is 5.10 Å². The Hall–Kier alpha value is -3.58. The van der Waals surface area contributed by atoms with E-state index in [0.717, 1.165) is 59.1 Å². The fourth-order valence-electron chi connectivity index (χ4n) is 5.22. The summed E-state index contributed by atoms with van der Waals surface area (Å²) in [7, 11) is 0. The minimum Gasteiger partial charge on any atom is -0.391 e. The SMILES string of the molecule is O=C1c2nc(Cc3ccc(-n4cccn4)nc3)c3ccccc3c2CN1[C@H]1CCCC[C@@H]1O. The van der Waals surface area contributed by atoms with Crippen LogP contribution in [-0.4, -0.2) is 47.8 Å². The molecule has 0 spiro atoms. The Bertz CT molecular complexity index is 1320. The number of aliphatic hydroxyl groups is 1. The summed E-state index contributed by atoms with van der Waals surface area (Å²) in [5.41, 5.74) is 3.40. The number of aromatic nitrogens is 4. The zero-order valence-electron chi connectivity index (χ0n) is 18.3. The highest BCUT2D eigenvalue weighted by Crippen LogP contribution is 2.35. The highest BCUT2D eigenvalue weighted by Gasteiger charge is 2.39. The Labute approximate surface area is 191 Å². The van der Waals surface area contributed by atoms with Crippen LogP contribution in [0.2, 0.25) is 0 Å². The quantitative estimate of drug-likeness (QED) is 0.525. The van der Waals surface area contributed by atoms with Crippen molar-refractivity contribution in [2.45, 2.75) is 50.8 Å². The van der Waals surface area contributed by atoms with E-state index in [1.54, 1.807) is 10.9 Å². The van der Waals surface area contributed by atoms with Crippen LogP contribution in [0.4, 0.5) is 0 Å². The maximum Gasteiger partial charge on any atom is 0.273 e. The summed E-state index contributed by atoms with van der Waals surface area (Å²) >= 11 is 0. The van der Waals surface area contributed by atoms with Crippen molar-refractivity contribution in [1.82, 2.24) is 24.6 Å². The third-order valence-electron chi connectivity index (χ3n) is 6.90. The van der Waals surface area contributed by atoms with Crippen molar-refractivity contribution >= 4 is 16.7 Å². The van der Waals surface area contributed by atoms with E-state index in [1.807, 2.05) is 47.6 Å². The summed E-state index contributed by atoms with van der Waals surface area (Å²) in [6.45, 7) is 0.518. The third-order valence-corrected chi connectivity index (χ3v) is 6.90. The minimum absolute atomic E-state index is 0.0601. The number of benzene rings is 1. The van der Waals surface area contributed by atoms with Gasteiger partial charge in [-0.3, -0.25) is 4.79 Å². The Morgan fingerprint density at radius 1 is 1.03 bits per heavy atom. The second-order valence-corrected chi connectivity index (χ2v) is 8.94. The van der Waals surface area contributed by atoms with Crippen molar-refractivity contribution in [2.24, 2.45) is 0 Å². The Kier molecular flexibility index (Phi) is 4.91. The van der Waals surface area contributed by atoms with Crippen LogP contribution in [0.3, 0.4) is 0 Å². The maximum absolute atomic E-state index is 13.4. The highest BCUT2D eigenvalue weighted by molar-refractivity contribution is 6.03. The molecule has 2 atom stereocenters. The Balaban J connectivity index is 1.35. The van der Waals surface area contributed by atoms with E-state index >= 15 is 0 Å². The molecule has 1 aliphatic carbocycles. The monoisotopic (exact) mass is 439 g/mol. The first-order valence-electron chi connectivity index (χ1n) is 11.5. The lowest BCUT2D eigenvalue weighted by atomic mass is 9.91. The van der Waals surface area contributed by atoms with E-state index in [9.17, 15) is 9.90 Å². The highest BCUT2D eigenvalue weighted by atomic mass is 16.3. The molecule has 0 bridgehead atoms. The van der Waals surface area contributed by atoms with Gasteiger partial charge in [0.2, 0.25) is 0 Å². The second-order valence-electron chi connectivity index (χ2n) is 8.94. The van der Waals surface area contributed by atoms with Crippen LogP contribution in [0.5, 0.6) is 0 Å². The number of aliphatic hydroxyl groups excluding tert-OH is 1. The molecule has 166 valence electrons. The number of hydrogen-bond acceptors (Lipinski definition) is 5. The van der Waals surface area contributed by atoms with Gasteiger partial charge in [0, 0.05) is 42.5 Å². The number of nitrogens with zero attached hydrogens (tertiary/aromatic N) is 5. The Morgan fingerprint density at radius 3 is 2.64 bits per heavy atom. The molecule has 1 aliphatic heterocycles.